The van der Waals surface area contributed by atoms with E-state index in [1.165, 1.54) is 5.56 Å². The van der Waals surface area contributed by atoms with E-state index in [0.29, 0.717) is 5.92 Å². The van der Waals surface area contributed by atoms with Crippen LogP contribution in [0.15, 0.2) is 24.3 Å². The second-order valence-electron chi connectivity index (χ2n) is 4.68. The van der Waals surface area contributed by atoms with Crippen LogP contribution in [-0.2, 0) is 0 Å². The molecule has 0 radical (unpaired) electrons. The molecule has 1 aliphatic rings. The molecule has 1 atom stereocenters. The summed E-state index contributed by atoms with van der Waals surface area (Å²) in [7, 11) is 0. The van der Waals surface area contributed by atoms with Gasteiger partial charge in [-0.15, -0.1) is 0 Å². The van der Waals surface area contributed by atoms with E-state index in [2.05, 4.69) is 17.4 Å². The first-order chi connectivity index (χ1) is 7.66. The van der Waals surface area contributed by atoms with Crippen molar-refractivity contribution in [2.24, 2.45) is 11.7 Å². The molecule has 1 aliphatic heterocycles. The van der Waals surface area contributed by atoms with E-state index in [0.717, 1.165) is 18.8 Å². The third-order valence-electron chi connectivity index (χ3n) is 2.96. The molecule has 1 aromatic carbocycles. The van der Waals surface area contributed by atoms with Gasteiger partial charge in [0, 0.05) is 25.0 Å². The summed E-state index contributed by atoms with van der Waals surface area (Å²) in [4.78, 5) is 0. The largest absolute Gasteiger partial charge is 0.491 e. The van der Waals surface area contributed by atoms with Crippen LogP contribution in [0, 0.1) is 5.92 Å². The lowest BCUT2D eigenvalue weighted by Gasteiger charge is -2.32. The van der Waals surface area contributed by atoms with Gasteiger partial charge in [0.05, 0.1) is 6.10 Å². The zero-order chi connectivity index (χ0) is 11.5. The quantitative estimate of drug-likeness (QED) is 0.811. The molecule has 0 saturated carbocycles. The normalized spacial score (nSPS) is 18.2. The maximum atomic E-state index is 6.17. The molecule has 1 unspecified atom stereocenters. The van der Waals surface area contributed by atoms with Crippen molar-refractivity contribution in [3.05, 3.63) is 29.8 Å². The number of hydrogen-bond donors (Lipinski definition) is 2. The molecular formula is C13H20N2O. The predicted molar refractivity (Wildman–Crippen MR) is 65.5 cm³/mol. The molecule has 3 N–H and O–H groups in total. The average Bonchev–Trinajstić information content (AvgIpc) is 2.15. The second-order valence-corrected chi connectivity index (χ2v) is 4.68. The van der Waals surface area contributed by atoms with E-state index in [1.54, 1.807) is 0 Å². The molecule has 1 fully saturated rings. The van der Waals surface area contributed by atoms with Crippen LogP contribution >= 0.6 is 0 Å². The summed E-state index contributed by atoms with van der Waals surface area (Å²) < 4.78 is 5.60. The maximum absolute atomic E-state index is 6.17. The summed E-state index contributed by atoms with van der Waals surface area (Å²) in [5.74, 6) is 1.49. The van der Waals surface area contributed by atoms with Crippen molar-refractivity contribution in [3.8, 4) is 5.75 Å². The van der Waals surface area contributed by atoms with Gasteiger partial charge in [-0.2, -0.15) is 0 Å². The van der Waals surface area contributed by atoms with Gasteiger partial charge in [-0.3, -0.25) is 0 Å². The molecule has 0 aliphatic carbocycles. The third-order valence-corrected chi connectivity index (χ3v) is 2.96. The highest BCUT2D eigenvalue weighted by atomic mass is 16.5. The van der Waals surface area contributed by atoms with Crippen LogP contribution in [0.2, 0.25) is 0 Å². The molecule has 16 heavy (non-hydrogen) atoms. The molecule has 0 bridgehead atoms. The Balaban J connectivity index is 2.00. The van der Waals surface area contributed by atoms with Crippen LogP contribution < -0.4 is 15.8 Å². The first-order valence-corrected chi connectivity index (χ1v) is 5.89. The van der Waals surface area contributed by atoms with Crippen LogP contribution in [0.4, 0.5) is 0 Å². The van der Waals surface area contributed by atoms with Crippen LogP contribution in [0.5, 0.6) is 5.75 Å². The molecular weight excluding hydrogens is 200 g/mol. The van der Waals surface area contributed by atoms with Gasteiger partial charge in [0.25, 0.3) is 0 Å². The maximum Gasteiger partial charge on any atom is 0.119 e. The monoisotopic (exact) mass is 220 g/mol. The Bertz CT molecular complexity index is 330. The Hall–Kier alpha value is -1.06. The molecule has 0 aromatic heterocycles. The molecule has 0 amide bonds. The minimum atomic E-state index is 0.148. The lowest BCUT2D eigenvalue weighted by atomic mass is 9.89. The average molecular weight is 220 g/mol. The number of nitrogens with two attached hydrogens (primary N) is 1. The zero-order valence-corrected chi connectivity index (χ0v) is 9.94. The van der Waals surface area contributed by atoms with Crippen LogP contribution in [0.1, 0.15) is 25.5 Å². The van der Waals surface area contributed by atoms with Crippen molar-refractivity contribution in [3.63, 3.8) is 0 Å². The van der Waals surface area contributed by atoms with Crippen molar-refractivity contribution in [2.45, 2.75) is 26.0 Å². The van der Waals surface area contributed by atoms with Crippen molar-refractivity contribution in [1.29, 1.82) is 0 Å². The Labute approximate surface area is 97.0 Å². The molecule has 3 heteroatoms. The standard InChI is InChI=1S/C13H20N2O/c1-9(2)16-12-5-3-10(4-6-12)13(14)11-7-15-8-11/h3-6,9,11,13,15H,7-8,14H2,1-2H3. The molecule has 0 spiro atoms. The van der Waals surface area contributed by atoms with Gasteiger partial charge in [0.2, 0.25) is 0 Å². The summed E-state index contributed by atoms with van der Waals surface area (Å²) in [6, 6.07) is 8.29. The van der Waals surface area contributed by atoms with Gasteiger partial charge in [0.15, 0.2) is 0 Å². The van der Waals surface area contributed by atoms with Crippen molar-refractivity contribution in [1.82, 2.24) is 5.32 Å². The van der Waals surface area contributed by atoms with Gasteiger partial charge in [-0.25, -0.2) is 0 Å². The van der Waals surface area contributed by atoms with Gasteiger partial charge < -0.3 is 15.8 Å². The molecule has 1 heterocycles. The number of rotatable bonds is 4. The van der Waals surface area contributed by atoms with Crippen LogP contribution in [0.3, 0.4) is 0 Å². The Kier molecular flexibility index (Phi) is 3.46. The third kappa shape index (κ3) is 2.54. The van der Waals surface area contributed by atoms with Gasteiger partial charge in [-0.05, 0) is 31.5 Å². The number of hydrogen-bond acceptors (Lipinski definition) is 3. The van der Waals surface area contributed by atoms with Crippen LogP contribution in [-0.4, -0.2) is 19.2 Å². The molecule has 2 rings (SSSR count). The molecule has 1 aromatic rings. The fraction of sp³-hybridized carbons (Fsp3) is 0.538. The van der Waals surface area contributed by atoms with E-state index in [4.69, 9.17) is 10.5 Å². The number of nitrogens with one attached hydrogen (secondary N) is 1. The first kappa shape index (κ1) is 11.4. The highest BCUT2D eigenvalue weighted by Gasteiger charge is 2.24. The Morgan fingerprint density at radius 1 is 1.25 bits per heavy atom. The van der Waals surface area contributed by atoms with E-state index >= 15 is 0 Å². The lowest BCUT2D eigenvalue weighted by Crippen LogP contribution is -2.47. The summed E-state index contributed by atoms with van der Waals surface area (Å²) in [5.41, 5.74) is 7.37. The summed E-state index contributed by atoms with van der Waals surface area (Å²) >= 11 is 0. The zero-order valence-electron chi connectivity index (χ0n) is 9.94. The highest BCUT2D eigenvalue weighted by molar-refractivity contribution is 5.29. The van der Waals surface area contributed by atoms with Gasteiger partial charge in [-0.1, -0.05) is 12.1 Å². The summed E-state index contributed by atoms with van der Waals surface area (Å²) in [6.45, 7) is 6.12. The lowest BCUT2D eigenvalue weighted by molar-refractivity contribution is 0.242. The first-order valence-electron chi connectivity index (χ1n) is 5.89. The van der Waals surface area contributed by atoms with E-state index < -0.39 is 0 Å². The second kappa shape index (κ2) is 4.85. The topological polar surface area (TPSA) is 47.3 Å². The number of ether oxygens (including phenoxy) is 1. The molecule has 1 saturated heterocycles. The van der Waals surface area contributed by atoms with Crippen molar-refractivity contribution < 1.29 is 4.74 Å². The predicted octanol–water partition coefficient (Wildman–Crippen LogP) is 1.69. The van der Waals surface area contributed by atoms with E-state index in [9.17, 15) is 0 Å². The minimum absolute atomic E-state index is 0.148. The Morgan fingerprint density at radius 2 is 1.88 bits per heavy atom. The van der Waals surface area contributed by atoms with Gasteiger partial charge in [0.1, 0.15) is 5.75 Å². The Morgan fingerprint density at radius 3 is 2.31 bits per heavy atom. The fourth-order valence-electron chi connectivity index (χ4n) is 1.88. The smallest absolute Gasteiger partial charge is 0.119 e. The fourth-order valence-corrected chi connectivity index (χ4v) is 1.88. The van der Waals surface area contributed by atoms with Crippen molar-refractivity contribution >= 4 is 0 Å². The van der Waals surface area contributed by atoms with Crippen LogP contribution in [0.25, 0.3) is 0 Å². The highest BCUT2D eigenvalue weighted by Crippen LogP contribution is 2.24. The molecule has 88 valence electrons. The summed E-state index contributed by atoms with van der Waals surface area (Å²) in [6.07, 6.45) is 0.218. The minimum Gasteiger partial charge on any atom is -0.491 e. The summed E-state index contributed by atoms with van der Waals surface area (Å²) in [5, 5.41) is 3.24. The van der Waals surface area contributed by atoms with E-state index in [-0.39, 0.29) is 12.1 Å². The van der Waals surface area contributed by atoms with Crippen molar-refractivity contribution in [2.75, 3.05) is 13.1 Å². The van der Waals surface area contributed by atoms with E-state index in [1.807, 2.05) is 26.0 Å². The SMILES string of the molecule is CC(C)Oc1ccc(C(N)C2CNC2)cc1. The molecule has 3 nitrogen and oxygen atoms in total. The van der Waals surface area contributed by atoms with Gasteiger partial charge >= 0.3 is 0 Å². The number of benzene rings is 1.